The molecule has 1 fully saturated rings. The van der Waals surface area contributed by atoms with Gasteiger partial charge >= 0.3 is 0 Å². The molecule has 150 valence electrons. The summed E-state index contributed by atoms with van der Waals surface area (Å²) in [4.78, 5) is 16.4. The van der Waals surface area contributed by atoms with Crippen LogP contribution in [0.5, 0.6) is 0 Å². The lowest BCUT2D eigenvalue weighted by molar-refractivity contribution is -0.120. The standard InChI is InChI=1S/C20H26N4O3S/c25-20(23-14-13-22-19-5-1-2-12-21-19)11-8-17-6-9-18(10-7-17)28(26,27)24-15-3-4-16-24/h1-2,5-7,9-10,12H,3-4,8,11,13-16H2,(H,21,22)(H,23,25). The summed E-state index contributed by atoms with van der Waals surface area (Å²) >= 11 is 0. The highest BCUT2D eigenvalue weighted by molar-refractivity contribution is 7.89. The van der Waals surface area contributed by atoms with E-state index in [1.54, 1.807) is 30.5 Å². The number of hydrogen-bond acceptors (Lipinski definition) is 5. The van der Waals surface area contributed by atoms with Gasteiger partial charge in [0.1, 0.15) is 5.82 Å². The van der Waals surface area contributed by atoms with Crippen LogP contribution in [0.15, 0.2) is 53.6 Å². The van der Waals surface area contributed by atoms with Crippen molar-refractivity contribution in [1.82, 2.24) is 14.6 Å². The maximum absolute atomic E-state index is 12.5. The number of carbonyl (C=O) groups is 1. The van der Waals surface area contributed by atoms with E-state index in [-0.39, 0.29) is 5.91 Å². The largest absolute Gasteiger partial charge is 0.368 e. The van der Waals surface area contributed by atoms with Gasteiger partial charge in [-0.25, -0.2) is 13.4 Å². The summed E-state index contributed by atoms with van der Waals surface area (Å²) in [6.45, 7) is 2.31. The second-order valence-corrected chi connectivity index (χ2v) is 8.68. The molecule has 3 rings (SSSR count). The molecule has 0 radical (unpaired) electrons. The van der Waals surface area contributed by atoms with Gasteiger partial charge in [0.15, 0.2) is 0 Å². The fourth-order valence-corrected chi connectivity index (χ4v) is 4.63. The van der Waals surface area contributed by atoms with Crippen molar-refractivity contribution in [2.24, 2.45) is 0 Å². The molecule has 1 aromatic carbocycles. The number of nitrogens with one attached hydrogen (secondary N) is 2. The van der Waals surface area contributed by atoms with Crippen LogP contribution in [-0.4, -0.2) is 49.8 Å². The van der Waals surface area contributed by atoms with Crippen LogP contribution in [-0.2, 0) is 21.2 Å². The highest BCUT2D eigenvalue weighted by atomic mass is 32.2. The van der Waals surface area contributed by atoms with Gasteiger partial charge in [-0.15, -0.1) is 0 Å². The summed E-state index contributed by atoms with van der Waals surface area (Å²) in [6.07, 6.45) is 4.49. The van der Waals surface area contributed by atoms with Gasteiger partial charge in [-0.3, -0.25) is 4.79 Å². The first-order chi connectivity index (χ1) is 13.6. The Hall–Kier alpha value is -2.45. The molecule has 0 atom stereocenters. The van der Waals surface area contributed by atoms with Gasteiger partial charge in [0.05, 0.1) is 4.90 Å². The van der Waals surface area contributed by atoms with E-state index in [1.165, 1.54) is 4.31 Å². The molecule has 0 bridgehead atoms. The number of anilines is 1. The van der Waals surface area contributed by atoms with Crippen molar-refractivity contribution < 1.29 is 13.2 Å². The molecule has 1 saturated heterocycles. The van der Waals surface area contributed by atoms with E-state index in [4.69, 9.17) is 0 Å². The first kappa shape index (κ1) is 20.3. The zero-order valence-electron chi connectivity index (χ0n) is 15.8. The van der Waals surface area contributed by atoms with Gasteiger partial charge in [-0.2, -0.15) is 4.31 Å². The summed E-state index contributed by atoms with van der Waals surface area (Å²) in [5, 5.41) is 5.99. The summed E-state index contributed by atoms with van der Waals surface area (Å²) in [6, 6.07) is 12.5. The monoisotopic (exact) mass is 402 g/mol. The van der Waals surface area contributed by atoms with E-state index < -0.39 is 10.0 Å². The molecule has 0 unspecified atom stereocenters. The number of nitrogens with zero attached hydrogens (tertiary/aromatic N) is 2. The van der Waals surface area contributed by atoms with E-state index >= 15 is 0 Å². The Morgan fingerprint density at radius 1 is 1.04 bits per heavy atom. The van der Waals surface area contributed by atoms with Gasteiger partial charge in [0.25, 0.3) is 0 Å². The molecule has 1 aliphatic heterocycles. The molecule has 2 heterocycles. The number of aryl methyl sites for hydroxylation is 1. The van der Waals surface area contributed by atoms with E-state index in [1.807, 2.05) is 18.2 Å². The highest BCUT2D eigenvalue weighted by Crippen LogP contribution is 2.21. The second kappa shape index (κ2) is 9.66. The summed E-state index contributed by atoms with van der Waals surface area (Å²) in [5.41, 5.74) is 0.946. The molecule has 0 spiro atoms. The van der Waals surface area contributed by atoms with Crippen molar-refractivity contribution in [1.29, 1.82) is 0 Å². The van der Waals surface area contributed by atoms with Crippen molar-refractivity contribution in [3.8, 4) is 0 Å². The molecule has 1 amide bonds. The topological polar surface area (TPSA) is 91.4 Å². The number of pyridine rings is 1. The maximum atomic E-state index is 12.5. The maximum Gasteiger partial charge on any atom is 0.243 e. The van der Waals surface area contributed by atoms with Crippen molar-refractivity contribution in [3.05, 3.63) is 54.2 Å². The van der Waals surface area contributed by atoms with Crippen LogP contribution < -0.4 is 10.6 Å². The van der Waals surface area contributed by atoms with Crippen LogP contribution in [0.2, 0.25) is 0 Å². The fraction of sp³-hybridized carbons (Fsp3) is 0.400. The van der Waals surface area contributed by atoms with E-state index in [9.17, 15) is 13.2 Å². The van der Waals surface area contributed by atoms with Crippen molar-refractivity contribution >= 4 is 21.7 Å². The minimum atomic E-state index is -3.38. The van der Waals surface area contributed by atoms with Crippen molar-refractivity contribution in [3.63, 3.8) is 0 Å². The number of rotatable bonds is 9. The molecule has 28 heavy (non-hydrogen) atoms. The zero-order chi connectivity index (χ0) is 19.8. The van der Waals surface area contributed by atoms with E-state index in [2.05, 4.69) is 15.6 Å². The average Bonchev–Trinajstić information content (AvgIpc) is 3.27. The minimum absolute atomic E-state index is 0.0309. The first-order valence-electron chi connectivity index (χ1n) is 9.56. The summed E-state index contributed by atoms with van der Waals surface area (Å²) in [5.74, 6) is 0.748. The fourth-order valence-electron chi connectivity index (χ4n) is 3.11. The third-order valence-electron chi connectivity index (χ3n) is 4.69. The third kappa shape index (κ3) is 5.53. The number of hydrogen-bond donors (Lipinski definition) is 2. The van der Waals surface area contributed by atoms with Crippen LogP contribution in [0.3, 0.4) is 0 Å². The summed E-state index contributed by atoms with van der Waals surface area (Å²) in [7, 11) is -3.38. The molecule has 2 aromatic rings. The normalized spacial score (nSPS) is 14.7. The number of sulfonamides is 1. The summed E-state index contributed by atoms with van der Waals surface area (Å²) < 4.78 is 26.6. The number of carbonyl (C=O) groups excluding carboxylic acids is 1. The van der Waals surface area contributed by atoms with Gasteiger partial charge in [0, 0.05) is 38.8 Å². The molecule has 7 nitrogen and oxygen atoms in total. The predicted molar refractivity (Wildman–Crippen MR) is 108 cm³/mol. The van der Waals surface area contributed by atoms with Crippen LogP contribution in [0, 0.1) is 0 Å². The van der Waals surface area contributed by atoms with Gasteiger partial charge < -0.3 is 10.6 Å². The van der Waals surface area contributed by atoms with Gasteiger partial charge in [0.2, 0.25) is 15.9 Å². The lowest BCUT2D eigenvalue weighted by Gasteiger charge is -2.15. The second-order valence-electron chi connectivity index (χ2n) is 6.75. The Balaban J connectivity index is 1.40. The van der Waals surface area contributed by atoms with Crippen LogP contribution >= 0.6 is 0 Å². The Kier molecular flexibility index (Phi) is 7.00. The van der Waals surface area contributed by atoms with Gasteiger partial charge in [-0.05, 0) is 49.1 Å². The molecule has 1 aliphatic rings. The van der Waals surface area contributed by atoms with Crippen LogP contribution in [0.4, 0.5) is 5.82 Å². The molecule has 2 N–H and O–H groups in total. The average molecular weight is 403 g/mol. The molecule has 0 aliphatic carbocycles. The van der Waals surface area contributed by atoms with Crippen molar-refractivity contribution in [2.45, 2.75) is 30.6 Å². The quantitative estimate of drug-likeness (QED) is 0.626. The Morgan fingerprint density at radius 3 is 2.46 bits per heavy atom. The predicted octanol–water partition coefficient (Wildman–Crippen LogP) is 2.03. The third-order valence-corrected chi connectivity index (χ3v) is 6.60. The Morgan fingerprint density at radius 2 is 1.79 bits per heavy atom. The smallest absolute Gasteiger partial charge is 0.243 e. The minimum Gasteiger partial charge on any atom is -0.368 e. The number of aromatic nitrogens is 1. The van der Waals surface area contributed by atoms with Crippen molar-refractivity contribution in [2.75, 3.05) is 31.5 Å². The highest BCUT2D eigenvalue weighted by Gasteiger charge is 2.26. The molecule has 0 saturated carbocycles. The van der Waals surface area contributed by atoms with Crippen LogP contribution in [0.1, 0.15) is 24.8 Å². The number of benzene rings is 1. The molecular formula is C20H26N4O3S. The molecular weight excluding hydrogens is 376 g/mol. The molecule has 1 aromatic heterocycles. The SMILES string of the molecule is O=C(CCc1ccc(S(=O)(=O)N2CCCC2)cc1)NCCNc1ccccn1. The lowest BCUT2D eigenvalue weighted by atomic mass is 10.1. The Bertz CT molecular complexity index is 864. The Labute approximate surface area is 166 Å². The van der Waals surface area contributed by atoms with Gasteiger partial charge in [-0.1, -0.05) is 18.2 Å². The molecule has 8 heteroatoms. The zero-order valence-corrected chi connectivity index (χ0v) is 16.6. The first-order valence-corrected chi connectivity index (χ1v) is 11.0. The van der Waals surface area contributed by atoms with E-state index in [0.29, 0.717) is 43.9 Å². The number of amides is 1. The van der Waals surface area contributed by atoms with E-state index in [0.717, 1.165) is 24.2 Å². The lowest BCUT2D eigenvalue weighted by Crippen LogP contribution is -2.29. The van der Waals surface area contributed by atoms with Crippen LogP contribution in [0.25, 0.3) is 0 Å².